The van der Waals surface area contributed by atoms with Gasteiger partial charge in [0.15, 0.2) is 0 Å². The van der Waals surface area contributed by atoms with E-state index in [9.17, 15) is 0 Å². The molecule has 0 aliphatic rings. The zero-order chi connectivity index (χ0) is 21.3. The molecule has 0 saturated heterocycles. The first-order valence-corrected chi connectivity index (χ1v) is 8.75. The fourth-order valence-electron chi connectivity index (χ4n) is 3.17. The van der Waals surface area contributed by atoms with E-state index in [0.717, 1.165) is 5.69 Å². The second-order valence-corrected chi connectivity index (χ2v) is 6.97. The molecule has 0 aliphatic carbocycles. The third kappa shape index (κ3) is 4.05. The van der Waals surface area contributed by atoms with Gasteiger partial charge in [-0.05, 0) is 23.0 Å². The molecule has 0 amide bonds. The Hall–Kier alpha value is -2.21. The Morgan fingerprint density at radius 2 is 1.85 bits per heavy atom. The van der Waals surface area contributed by atoms with E-state index < -0.39 is 6.85 Å². The van der Waals surface area contributed by atoms with Gasteiger partial charge in [-0.15, -0.1) is 23.3 Å². The maximum atomic E-state index is 7.64. The molecule has 1 heterocycles. The molecular formula is C23H24IrN3-. The first-order valence-electron chi connectivity index (χ1n) is 10.3. The SMILES string of the molecule is [2H]C([2H])([2H])c1c[c-]c(-c2nccn2-c2c(C(C)C)cccc2C(C)C)cc1[N+]#[C-].[Ir]. The molecule has 0 unspecified atom stereocenters. The largest absolute Gasteiger partial charge is 0.340 e. The van der Waals surface area contributed by atoms with E-state index in [0.29, 0.717) is 23.2 Å². The minimum absolute atomic E-state index is 0. The second kappa shape index (κ2) is 8.65. The van der Waals surface area contributed by atoms with Gasteiger partial charge < -0.3 is 4.57 Å². The summed E-state index contributed by atoms with van der Waals surface area (Å²) in [5, 5.41) is 0. The molecule has 0 aliphatic heterocycles. The Morgan fingerprint density at radius 1 is 1.19 bits per heavy atom. The smallest absolute Gasteiger partial charge is 0.111 e. The zero-order valence-corrected chi connectivity index (χ0v) is 18.3. The van der Waals surface area contributed by atoms with Crippen molar-refractivity contribution in [3.8, 4) is 17.1 Å². The molecular weight excluding hydrogens is 510 g/mol. The average Bonchev–Trinajstić information content (AvgIpc) is 3.15. The Kier molecular flexibility index (Phi) is 5.42. The number of para-hydroxylation sites is 1. The van der Waals surface area contributed by atoms with Crippen LogP contribution in [0.4, 0.5) is 5.69 Å². The molecule has 0 atom stereocenters. The first kappa shape index (κ1) is 16.9. The second-order valence-electron chi connectivity index (χ2n) is 6.97. The number of aromatic nitrogens is 2. The molecule has 0 N–H and O–H groups in total. The van der Waals surface area contributed by atoms with Crippen LogP contribution < -0.4 is 0 Å². The van der Waals surface area contributed by atoms with Crippen molar-refractivity contribution in [3.05, 3.63) is 76.9 Å². The summed E-state index contributed by atoms with van der Waals surface area (Å²) >= 11 is 0. The number of hydrogen-bond donors (Lipinski definition) is 0. The van der Waals surface area contributed by atoms with Gasteiger partial charge in [0, 0.05) is 42.3 Å². The molecule has 3 rings (SSSR count). The van der Waals surface area contributed by atoms with Crippen molar-refractivity contribution >= 4 is 5.69 Å². The molecule has 2 aromatic carbocycles. The fraction of sp³-hybridized carbons (Fsp3) is 0.304. The molecule has 1 radical (unpaired) electrons. The molecule has 0 spiro atoms. The van der Waals surface area contributed by atoms with Gasteiger partial charge in [-0.25, -0.2) is 0 Å². The molecule has 4 heteroatoms. The van der Waals surface area contributed by atoms with Gasteiger partial charge in [-0.3, -0.25) is 9.83 Å². The summed E-state index contributed by atoms with van der Waals surface area (Å²) in [6.45, 7) is 13.7. The Balaban J connectivity index is 0.00000320. The summed E-state index contributed by atoms with van der Waals surface area (Å²) in [4.78, 5) is 7.95. The normalized spacial score (nSPS) is 12.9. The number of rotatable bonds is 4. The predicted molar refractivity (Wildman–Crippen MR) is 107 cm³/mol. The van der Waals surface area contributed by atoms with Crippen molar-refractivity contribution in [2.45, 2.75) is 46.4 Å². The van der Waals surface area contributed by atoms with Gasteiger partial charge >= 0.3 is 0 Å². The Labute approximate surface area is 179 Å². The van der Waals surface area contributed by atoms with Crippen LogP contribution in [0.5, 0.6) is 0 Å². The summed E-state index contributed by atoms with van der Waals surface area (Å²) in [6.07, 6.45) is 3.63. The van der Waals surface area contributed by atoms with Crippen molar-refractivity contribution in [2.24, 2.45) is 0 Å². The molecule has 27 heavy (non-hydrogen) atoms. The number of nitrogens with zero attached hydrogens (tertiary/aromatic N) is 3. The summed E-state index contributed by atoms with van der Waals surface area (Å²) in [5.74, 6) is 1.28. The number of hydrogen-bond acceptors (Lipinski definition) is 1. The minimum atomic E-state index is -2.35. The molecule has 0 saturated carbocycles. The van der Waals surface area contributed by atoms with E-state index in [1.807, 2.05) is 10.8 Å². The molecule has 0 fully saturated rings. The standard InChI is InChI=1S/C23H24N3.Ir/c1-15(2)19-8-7-9-20(16(3)4)22(19)26-13-12-25-23(26)18-11-10-17(5)21(14-18)24-6;/h7-10,12-16H,1-5H3;/q-1;/i5D3;. The van der Waals surface area contributed by atoms with Gasteiger partial charge in [0.1, 0.15) is 5.69 Å². The third-order valence-corrected chi connectivity index (χ3v) is 4.51. The van der Waals surface area contributed by atoms with Gasteiger partial charge in [0.05, 0.1) is 12.4 Å². The van der Waals surface area contributed by atoms with Crippen LogP contribution in [0, 0.1) is 19.5 Å². The topological polar surface area (TPSA) is 22.2 Å². The molecule has 3 nitrogen and oxygen atoms in total. The van der Waals surface area contributed by atoms with E-state index in [1.165, 1.54) is 17.2 Å². The van der Waals surface area contributed by atoms with E-state index in [2.05, 4.69) is 61.8 Å². The summed E-state index contributed by atoms with van der Waals surface area (Å²) in [6, 6.07) is 12.3. The van der Waals surface area contributed by atoms with Crippen molar-refractivity contribution in [2.75, 3.05) is 0 Å². The van der Waals surface area contributed by atoms with Gasteiger partial charge in [0.25, 0.3) is 0 Å². The number of benzene rings is 2. The van der Waals surface area contributed by atoms with Crippen LogP contribution in [0.1, 0.15) is 60.3 Å². The summed E-state index contributed by atoms with van der Waals surface area (Å²) in [7, 11) is 0. The van der Waals surface area contributed by atoms with Crippen LogP contribution >= 0.6 is 0 Å². The Morgan fingerprint density at radius 3 is 2.41 bits per heavy atom. The van der Waals surface area contributed by atoms with Crippen LogP contribution in [0.15, 0.2) is 42.7 Å². The minimum Gasteiger partial charge on any atom is -0.340 e. The zero-order valence-electron chi connectivity index (χ0n) is 18.9. The van der Waals surface area contributed by atoms with Crippen molar-refractivity contribution in [1.29, 1.82) is 0 Å². The summed E-state index contributed by atoms with van der Waals surface area (Å²) < 4.78 is 24.9. The first-order chi connectivity index (χ1) is 13.6. The van der Waals surface area contributed by atoms with Crippen LogP contribution in [0.25, 0.3) is 21.9 Å². The molecule has 3 aromatic rings. The van der Waals surface area contributed by atoms with Crippen molar-refractivity contribution < 1.29 is 24.2 Å². The maximum absolute atomic E-state index is 7.64. The third-order valence-electron chi connectivity index (χ3n) is 4.51. The Bertz CT molecular complexity index is 1050. The fourth-order valence-corrected chi connectivity index (χ4v) is 3.17. The number of aryl methyl sites for hydroxylation is 1. The van der Waals surface area contributed by atoms with E-state index in [1.54, 1.807) is 12.3 Å². The van der Waals surface area contributed by atoms with Crippen LogP contribution in [0.3, 0.4) is 0 Å². The van der Waals surface area contributed by atoms with Gasteiger partial charge in [-0.1, -0.05) is 52.7 Å². The van der Waals surface area contributed by atoms with E-state index in [-0.39, 0.29) is 31.4 Å². The van der Waals surface area contributed by atoms with Crippen molar-refractivity contribution in [1.82, 2.24) is 9.55 Å². The van der Waals surface area contributed by atoms with Gasteiger partial charge in [0.2, 0.25) is 0 Å². The maximum Gasteiger partial charge on any atom is 0.111 e. The van der Waals surface area contributed by atoms with E-state index >= 15 is 0 Å². The van der Waals surface area contributed by atoms with Crippen LogP contribution in [-0.4, -0.2) is 9.55 Å². The van der Waals surface area contributed by atoms with Crippen LogP contribution in [0.2, 0.25) is 0 Å². The van der Waals surface area contributed by atoms with E-state index in [4.69, 9.17) is 10.7 Å². The molecule has 141 valence electrons. The summed E-state index contributed by atoms with van der Waals surface area (Å²) in [5.41, 5.74) is 4.22. The van der Waals surface area contributed by atoms with Gasteiger partial charge in [-0.2, -0.15) is 6.07 Å². The quantitative estimate of drug-likeness (QED) is 0.351. The average molecular weight is 538 g/mol. The number of imidazole rings is 1. The van der Waals surface area contributed by atoms with Crippen LogP contribution in [-0.2, 0) is 20.1 Å². The monoisotopic (exact) mass is 538 g/mol. The molecule has 0 bridgehead atoms. The predicted octanol–water partition coefficient (Wildman–Crippen LogP) is 6.44. The molecule has 1 aromatic heterocycles. The van der Waals surface area contributed by atoms with Crippen molar-refractivity contribution in [3.63, 3.8) is 0 Å².